The average Bonchev–Trinajstić information content (AvgIpc) is 3.12. The van der Waals surface area contributed by atoms with Crippen LogP contribution in [0, 0.1) is 11.3 Å². The van der Waals surface area contributed by atoms with E-state index in [1.54, 1.807) is 17.4 Å². The van der Waals surface area contributed by atoms with Crippen molar-refractivity contribution in [1.82, 2.24) is 14.5 Å². The Kier molecular flexibility index (Phi) is 3.67. The summed E-state index contributed by atoms with van der Waals surface area (Å²) in [5.41, 5.74) is 5.02. The molecule has 3 heterocycles. The Morgan fingerprint density at radius 3 is 3.00 bits per heavy atom. The number of likely N-dealkylation sites (tertiary alicyclic amines) is 1. The molecular weight excluding hydrogens is 272 g/mol. The third-order valence-corrected chi connectivity index (χ3v) is 4.69. The fourth-order valence-corrected chi connectivity index (χ4v) is 3.34. The molecule has 114 valence electrons. The van der Waals surface area contributed by atoms with Crippen LogP contribution in [0.15, 0.2) is 18.7 Å². The van der Waals surface area contributed by atoms with Gasteiger partial charge in [-0.05, 0) is 6.42 Å². The number of aryl methyl sites for hydroxylation is 1. The number of rotatable bonds is 4. The molecule has 1 aromatic rings. The van der Waals surface area contributed by atoms with Crippen molar-refractivity contribution in [3.8, 4) is 0 Å². The summed E-state index contributed by atoms with van der Waals surface area (Å²) in [6.07, 6.45) is 6.22. The van der Waals surface area contributed by atoms with Gasteiger partial charge in [0.15, 0.2) is 0 Å². The van der Waals surface area contributed by atoms with Gasteiger partial charge in [-0.15, -0.1) is 0 Å². The van der Waals surface area contributed by atoms with E-state index in [1.165, 1.54) is 0 Å². The minimum Gasteiger partial charge on any atom is -0.381 e. The highest BCUT2D eigenvalue weighted by atomic mass is 16.5. The van der Waals surface area contributed by atoms with Crippen LogP contribution in [0.2, 0.25) is 0 Å². The highest BCUT2D eigenvalue weighted by molar-refractivity contribution is 5.84. The van der Waals surface area contributed by atoms with Crippen LogP contribution in [0.25, 0.3) is 0 Å². The van der Waals surface area contributed by atoms with Gasteiger partial charge in [0.1, 0.15) is 0 Å². The zero-order valence-electron chi connectivity index (χ0n) is 11.9. The van der Waals surface area contributed by atoms with Gasteiger partial charge in [0.05, 0.1) is 18.3 Å². The summed E-state index contributed by atoms with van der Waals surface area (Å²) in [4.78, 5) is 30.0. The van der Waals surface area contributed by atoms with E-state index in [4.69, 9.17) is 10.5 Å². The van der Waals surface area contributed by atoms with Gasteiger partial charge in [0.2, 0.25) is 11.8 Å². The van der Waals surface area contributed by atoms with Crippen LogP contribution in [0.3, 0.4) is 0 Å². The van der Waals surface area contributed by atoms with Crippen LogP contribution in [-0.2, 0) is 20.9 Å². The van der Waals surface area contributed by atoms with Crippen LogP contribution in [-0.4, -0.2) is 52.6 Å². The Morgan fingerprint density at radius 2 is 2.33 bits per heavy atom. The van der Waals surface area contributed by atoms with Crippen molar-refractivity contribution in [2.24, 2.45) is 17.1 Å². The zero-order valence-corrected chi connectivity index (χ0v) is 11.9. The summed E-state index contributed by atoms with van der Waals surface area (Å²) in [7, 11) is 0. The van der Waals surface area contributed by atoms with E-state index in [1.807, 2.05) is 10.8 Å². The third-order valence-electron chi connectivity index (χ3n) is 4.69. The van der Waals surface area contributed by atoms with Crippen molar-refractivity contribution in [2.45, 2.75) is 19.4 Å². The summed E-state index contributed by atoms with van der Waals surface area (Å²) in [5, 5.41) is 0. The molecule has 2 atom stereocenters. The van der Waals surface area contributed by atoms with Gasteiger partial charge >= 0.3 is 0 Å². The summed E-state index contributed by atoms with van der Waals surface area (Å²) in [5.74, 6) is -0.222. The maximum absolute atomic E-state index is 12.3. The minimum atomic E-state index is -0.594. The van der Waals surface area contributed by atoms with Gasteiger partial charge in [-0.1, -0.05) is 0 Å². The number of hydrogen-bond acceptors (Lipinski definition) is 4. The smallest absolute Gasteiger partial charge is 0.225 e. The lowest BCUT2D eigenvalue weighted by Crippen LogP contribution is -2.48. The molecule has 21 heavy (non-hydrogen) atoms. The predicted octanol–water partition coefficient (Wildman–Crippen LogP) is -0.376. The zero-order chi connectivity index (χ0) is 14.9. The minimum absolute atomic E-state index is 0.0287. The van der Waals surface area contributed by atoms with Crippen LogP contribution in [0.4, 0.5) is 0 Å². The lowest BCUT2D eigenvalue weighted by Gasteiger charge is -2.34. The average molecular weight is 292 g/mol. The highest BCUT2D eigenvalue weighted by Crippen LogP contribution is 2.42. The topological polar surface area (TPSA) is 90.5 Å². The van der Waals surface area contributed by atoms with Crippen LogP contribution >= 0.6 is 0 Å². The molecule has 0 saturated carbocycles. The molecule has 0 radical (unpaired) electrons. The number of nitrogens with zero attached hydrogens (tertiary/aromatic N) is 3. The standard InChI is InChI=1S/C14H20N4O3/c15-13(20)14-2-6-21-8-11(14)7-18(9-14)12(19)1-4-17-5-3-16-10-17/h3,5,10-11H,1-2,4,6-9H2,(H2,15,20)/t11-,14+/m1/s1. The number of ether oxygens (including phenoxy) is 1. The Hall–Kier alpha value is -1.89. The summed E-state index contributed by atoms with van der Waals surface area (Å²) < 4.78 is 7.32. The number of carbonyl (C=O) groups is 2. The first-order valence-corrected chi connectivity index (χ1v) is 7.23. The SMILES string of the molecule is NC(=O)[C@]12CCOC[C@H]1CN(C(=O)CCn1ccnc1)C2. The Bertz CT molecular complexity index is 530. The second-order valence-corrected chi connectivity index (χ2v) is 5.87. The molecule has 2 fully saturated rings. The molecule has 2 aliphatic rings. The Labute approximate surface area is 123 Å². The Morgan fingerprint density at radius 1 is 1.48 bits per heavy atom. The number of carbonyl (C=O) groups excluding carboxylic acids is 2. The quantitative estimate of drug-likeness (QED) is 0.819. The number of nitrogens with two attached hydrogens (primary N) is 1. The van der Waals surface area contributed by atoms with Gasteiger partial charge in [-0.2, -0.15) is 0 Å². The van der Waals surface area contributed by atoms with E-state index in [-0.39, 0.29) is 17.7 Å². The summed E-state index contributed by atoms with van der Waals surface area (Å²) in [6.45, 7) is 2.63. The molecule has 7 nitrogen and oxygen atoms in total. The molecular formula is C14H20N4O3. The van der Waals surface area contributed by atoms with Crippen molar-refractivity contribution in [3.63, 3.8) is 0 Å². The second-order valence-electron chi connectivity index (χ2n) is 5.87. The van der Waals surface area contributed by atoms with Gasteiger partial charge < -0.3 is 19.9 Å². The maximum Gasteiger partial charge on any atom is 0.225 e. The van der Waals surface area contributed by atoms with Crippen molar-refractivity contribution in [2.75, 3.05) is 26.3 Å². The van der Waals surface area contributed by atoms with Crippen LogP contribution in [0.5, 0.6) is 0 Å². The van der Waals surface area contributed by atoms with Gasteiger partial charge in [-0.3, -0.25) is 9.59 Å². The van der Waals surface area contributed by atoms with Crippen LogP contribution in [0.1, 0.15) is 12.8 Å². The lowest BCUT2D eigenvalue weighted by molar-refractivity contribution is -0.136. The molecule has 1 aromatic heterocycles. The first-order valence-electron chi connectivity index (χ1n) is 7.23. The first-order chi connectivity index (χ1) is 10.1. The second kappa shape index (κ2) is 5.48. The van der Waals surface area contributed by atoms with E-state index in [0.717, 1.165) is 0 Å². The summed E-state index contributed by atoms with van der Waals surface area (Å²) >= 11 is 0. The van der Waals surface area contributed by atoms with E-state index in [0.29, 0.717) is 45.7 Å². The first kappa shape index (κ1) is 14.1. The van der Waals surface area contributed by atoms with Crippen molar-refractivity contribution >= 4 is 11.8 Å². The van der Waals surface area contributed by atoms with Crippen molar-refractivity contribution in [3.05, 3.63) is 18.7 Å². The van der Waals surface area contributed by atoms with Crippen molar-refractivity contribution < 1.29 is 14.3 Å². The van der Waals surface area contributed by atoms with Gasteiger partial charge in [0.25, 0.3) is 0 Å². The molecule has 0 spiro atoms. The molecule has 2 N–H and O–H groups in total. The van der Waals surface area contributed by atoms with E-state index in [9.17, 15) is 9.59 Å². The molecule has 0 unspecified atom stereocenters. The molecule has 7 heteroatoms. The number of amides is 2. The van der Waals surface area contributed by atoms with E-state index in [2.05, 4.69) is 4.98 Å². The summed E-state index contributed by atoms with van der Waals surface area (Å²) in [6, 6.07) is 0. The fraction of sp³-hybridized carbons (Fsp3) is 0.643. The molecule has 0 bridgehead atoms. The molecule has 2 saturated heterocycles. The molecule has 2 amide bonds. The van der Waals surface area contributed by atoms with Gasteiger partial charge in [0, 0.05) is 51.0 Å². The van der Waals surface area contributed by atoms with E-state index < -0.39 is 5.41 Å². The van der Waals surface area contributed by atoms with Crippen molar-refractivity contribution in [1.29, 1.82) is 0 Å². The fourth-order valence-electron chi connectivity index (χ4n) is 3.34. The third kappa shape index (κ3) is 2.53. The molecule has 0 aromatic carbocycles. The predicted molar refractivity (Wildman–Crippen MR) is 74.0 cm³/mol. The highest BCUT2D eigenvalue weighted by Gasteiger charge is 2.53. The molecule has 2 aliphatic heterocycles. The lowest BCUT2D eigenvalue weighted by atomic mass is 9.74. The van der Waals surface area contributed by atoms with E-state index >= 15 is 0 Å². The number of hydrogen-bond donors (Lipinski definition) is 1. The largest absolute Gasteiger partial charge is 0.381 e. The monoisotopic (exact) mass is 292 g/mol. The number of aromatic nitrogens is 2. The number of fused-ring (bicyclic) bond motifs is 1. The number of imidazole rings is 1. The maximum atomic E-state index is 12.3. The Balaban J connectivity index is 1.64. The molecule has 0 aliphatic carbocycles. The number of primary amides is 1. The molecule has 3 rings (SSSR count). The normalized spacial score (nSPS) is 28.4. The van der Waals surface area contributed by atoms with Crippen LogP contribution < -0.4 is 5.73 Å². The van der Waals surface area contributed by atoms with Gasteiger partial charge in [-0.25, -0.2) is 4.98 Å².